The fourth-order valence-corrected chi connectivity index (χ4v) is 4.52. The summed E-state index contributed by atoms with van der Waals surface area (Å²) in [5.41, 5.74) is 1.13. The van der Waals surface area contributed by atoms with Crippen molar-refractivity contribution in [3.63, 3.8) is 0 Å². The van der Waals surface area contributed by atoms with Crippen LogP contribution in [0, 0.1) is 5.92 Å². The van der Waals surface area contributed by atoms with E-state index in [1.165, 1.54) is 0 Å². The molecule has 1 amide bonds. The van der Waals surface area contributed by atoms with Crippen molar-refractivity contribution in [2.75, 3.05) is 31.6 Å². The van der Waals surface area contributed by atoms with Gasteiger partial charge in [0.15, 0.2) is 5.13 Å². The van der Waals surface area contributed by atoms with E-state index in [0.717, 1.165) is 59.8 Å². The van der Waals surface area contributed by atoms with Gasteiger partial charge in [0.05, 0.1) is 11.6 Å². The number of ether oxygens (including phenoxy) is 1. The third kappa shape index (κ3) is 5.20. The molecule has 1 fully saturated rings. The Hall–Kier alpha value is -1.60. The van der Waals surface area contributed by atoms with Gasteiger partial charge in [-0.2, -0.15) is 0 Å². The highest BCUT2D eigenvalue weighted by Crippen LogP contribution is 2.26. The number of hydrogen-bond donors (Lipinski definition) is 1. The van der Waals surface area contributed by atoms with Crippen molar-refractivity contribution < 1.29 is 9.53 Å². The first-order valence-electron chi connectivity index (χ1n) is 8.89. The van der Waals surface area contributed by atoms with Crippen LogP contribution in [0.2, 0.25) is 0 Å². The van der Waals surface area contributed by atoms with Crippen LogP contribution in [0.4, 0.5) is 5.13 Å². The molecule has 1 aliphatic rings. The Bertz CT molecular complexity index is 724. The normalized spacial score (nSPS) is 17.2. The van der Waals surface area contributed by atoms with Crippen molar-refractivity contribution in [1.29, 1.82) is 0 Å². The number of nitrogens with zero attached hydrogens (tertiary/aromatic N) is 2. The summed E-state index contributed by atoms with van der Waals surface area (Å²) in [6.07, 6.45) is 5.39. The fraction of sp³-hybridized carbons (Fsp3) is 0.474. The molecule has 5 nitrogen and oxygen atoms in total. The molecule has 0 saturated carbocycles. The molecule has 0 spiro atoms. The molecule has 1 aromatic carbocycles. The number of hydrogen-bond acceptors (Lipinski definition) is 5. The van der Waals surface area contributed by atoms with E-state index in [1.54, 1.807) is 18.4 Å². The van der Waals surface area contributed by atoms with Crippen LogP contribution >= 0.6 is 27.3 Å². The van der Waals surface area contributed by atoms with E-state index < -0.39 is 0 Å². The van der Waals surface area contributed by atoms with Crippen LogP contribution in [0.3, 0.4) is 0 Å². The summed E-state index contributed by atoms with van der Waals surface area (Å²) in [7, 11) is 1.65. The predicted molar refractivity (Wildman–Crippen MR) is 109 cm³/mol. The number of aryl methyl sites for hydroxylation is 1. The summed E-state index contributed by atoms with van der Waals surface area (Å²) in [6, 6.07) is 5.94. The lowest BCUT2D eigenvalue weighted by atomic mass is 9.98. The maximum absolute atomic E-state index is 12.2. The van der Waals surface area contributed by atoms with Gasteiger partial charge in [0, 0.05) is 37.6 Å². The molecule has 140 valence electrons. The molecule has 26 heavy (non-hydrogen) atoms. The second kappa shape index (κ2) is 9.37. The smallest absolute Gasteiger partial charge is 0.220 e. The first-order valence-corrected chi connectivity index (χ1v) is 10.6. The van der Waals surface area contributed by atoms with Gasteiger partial charge in [-0.05, 0) is 58.8 Å². The van der Waals surface area contributed by atoms with Crippen molar-refractivity contribution in [3.8, 4) is 5.75 Å². The van der Waals surface area contributed by atoms with Gasteiger partial charge < -0.3 is 15.0 Å². The highest BCUT2D eigenvalue weighted by Gasteiger charge is 2.21. The molecule has 1 unspecified atom stereocenters. The summed E-state index contributed by atoms with van der Waals surface area (Å²) < 4.78 is 6.15. The number of piperidine rings is 1. The lowest BCUT2D eigenvalue weighted by Crippen LogP contribution is -2.41. The van der Waals surface area contributed by atoms with E-state index in [1.807, 2.05) is 29.8 Å². The Labute approximate surface area is 166 Å². The van der Waals surface area contributed by atoms with Gasteiger partial charge in [0.1, 0.15) is 5.75 Å². The quantitative estimate of drug-likeness (QED) is 0.713. The SMILES string of the molecule is COc1ccc(CCC(=O)NCC2CCCN(c3nccs3)C2)cc1Br. The number of nitrogens with one attached hydrogen (secondary N) is 1. The van der Waals surface area contributed by atoms with Gasteiger partial charge in [0.2, 0.25) is 5.91 Å². The third-order valence-electron chi connectivity index (χ3n) is 4.65. The van der Waals surface area contributed by atoms with Crippen molar-refractivity contribution in [3.05, 3.63) is 39.8 Å². The summed E-state index contributed by atoms with van der Waals surface area (Å²) in [4.78, 5) is 18.9. The molecule has 1 aliphatic heterocycles. The molecule has 1 N–H and O–H groups in total. The van der Waals surface area contributed by atoms with Gasteiger partial charge >= 0.3 is 0 Å². The number of anilines is 1. The number of benzene rings is 1. The van der Waals surface area contributed by atoms with Gasteiger partial charge in [-0.15, -0.1) is 11.3 Å². The Morgan fingerprint density at radius 3 is 3.12 bits per heavy atom. The molecule has 1 saturated heterocycles. The molecule has 0 bridgehead atoms. The van der Waals surface area contributed by atoms with Crippen molar-refractivity contribution in [2.24, 2.45) is 5.92 Å². The Morgan fingerprint density at radius 1 is 1.50 bits per heavy atom. The molecule has 1 atom stereocenters. The number of rotatable bonds is 7. The first-order chi connectivity index (χ1) is 12.7. The number of methoxy groups -OCH3 is 1. The average Bonchev–Trinajstić information content (AvgIpc) is 3.20. The zero-order chi connectivity index (χ0) is 18.4. The van der Waals surface area contributed by atoms with Gasteiger partial charge in [-0.3, -0.25) is 4.79 Å². The number of thiazole rings is 1. The largest absolute Gasteiger partial charge is 0.496 e. The highest BCUT2D eigenvalue weighted by atomic mass is 79.9. The van der Waals surface area contributed by atoms with Crippen molar-refractivity contribution >= 4 is 38.3 Å². The number of carbonyl (C=O) groups is 1. The van der Waals surface area contributed by atoms with Crippen LogP contribution in [-0.2, 0) is 11.2 Å². The number of carbonyl (C=O) groups excluding carboxylic acids is 1. The number of halogens is 1. The molecule has 0 radical (unpaired) electrons. The van der Waals surface area contributed by atoms with Crippen LogP contribution < -0.4 is 15.0 Å². The fourth-order valence-electron chi connectivity index (χ4n) is 3.25. The van der Waals surface area contributed by atoms with E-state index in [9.17, 15) is 4.79 Å². The van der Waals surface area contributed by atoms with E-state index in [2.05, 4.69) is 31.1 Å². The molecule has 2 aromatic rings. The molecule has 0 aliphatic carbocycles. The minimum atomic E-state index is 0.114. The molecule has 7 heteroatoms. The Balaban J connectivity index is 1.42. The second-order valence-corrected chi connectivity index (χ2v) is 8.27. The highest BCUT2D eigenvalue weighted by molar-refractivity contribution is 9.10. The average molecular weight is 438 g/mol. The maximum Gasteiger partial charge on any atom is 0.220 e. The van der Waals surface area contributed by atoms with E-state index in [0.29, 0.717) is 12.3 Å². The molecular formula is C19H24BrN3O2S. The van der Waals surface area contributed by atoms with Crippen LogP contribution in [0.25, 0.3) is 0 Å². The second-order valence-electron chi connectivity index (χ2n) is 6.54. The number of amides is 1. The lowest BCUT2D eigenvalue weighted by molar-refractivity contribution is -0.121. The zero-order valence-corrected chi connectivity index (χ0v) is 17.3. The first kappa shape index (κ1) is 19.2. The minimum absolute atomic E-state index is 0.114. The summed E-state index contributed by atoms with van der Waals surface area (Å²) in [6.45, 7) is 2.77. The molecule has 2 heterocycles. The predicted octanol–water partition coefficient (Wildman–Crippen LogP) is 3.88. The standard InChI is InChI=1S/C19H24BrN3O2S/c1-25-17-6-4-14(11-16(17)20)5-7-18(24)22-12-15-3-2-9-23(13-15)19-21-8-10-26-19/h4,6,8,10-11,15H,2-3,5,7,9,12-13H2,1H3,(H,22,24). The van der Waals surface area contributed by atoms with Gasteiger partial charge in [0.25, 0.3) is 0 Å². The third-order valence-corrected chi connectivity index (χ3v) is 6.11. The number of aromatic nitrogens is 1. The molecule has 3 rings (SSSR count). The van der Waals surface area contributed by atoms with E-state index >= 15 is 0 Å². The minimum Gasteiger partial charge on any atom is -0.496 e. The zero-order valence-electron chi connectivity index (χ0n) is 14.9. The van der Waals surface area contributed by atoms with Crippen LogP contribution in [0.15, 0.2) is 34.2 Å². The molecule has 1 aromatic heterocycles. The molecular weight excluding hydrogens is 414 g/mol. The lowest BCUT2D eigenvalue weighted by Gasteiger charge is -2.32. The van der Waals surface area contributed by atoms with Crippen LogP contribution in [0.1, 0.15) is 24.8 Å². The van der Waals surface area contributed by atoms with Crippen LogP contribution in [-0.4, -0.2) is 37.6 Å². The van der Waals surface area contributed by atoms with E-state index in [4.69, 9.17) is 4.74 Å². The maximum atomic E-state index is 12.2. The summed E-state index contributed by atoms with van der Waals surface area (Å²) in [5.74, 6) is 1.41. The van der Waals surface area contributed by atoms with Gasteiger partial charge in [-0.25, -0.2) is 4.98 Å². The summed E-state index contributed by atoms with van der Waals surface area (Å²) >= 11 is 5.16. The Morgan fingerprint density at radius 2 is 2.38 bits per heavy atom. The van der Waals surface area contributed by atoms with E-state index in [-0.39, 0.29) is 5.91 Å². The topological polar surface area (TPSA) is 54.5 Å². The Kier molecular flexibility index (Phi) is 6.91. The monoisotopic (exact) mass is 437 g/mol. The van der Waals surface area contributed by atoms with Crippen molar-refractivity contribution in [1.82, 2.24) is 10.3 Å². The van der Waals surface area contributed by atoms with Crippen molar-refractivity contribution in [2.45, 2.75) is 25.7 Å². The summed E-state index contributed by atoms with van der Waals surface area (Å²) in [5, 5.41) is 6.21. The van der Waals surface area contributed by atoms with Gasteiger partial charge in [-0.1, -0.05) is 6.07 Å². The van der Waals surface area contributed by atoms with Crippen LogP contribution in [0.5, 0.6) is 5.75 Å².